The van der Waals surface area contributed by atoms with Gasteiger partial charge >= 0.3 is 5.97 Å². The quantitative estimate of drug-likeness (QED) is 0.733. The van der Waals surface area contributed by atoms with E-state index in [-0.39, 0.29) is 5.92 Å². The van der Waals surface area contributed by atoms with Crippen LogP contribution in [0.15, 0.2) is 0 Å². The summed E-state index contributed by atoms with van der Waals surface area (Å²) in [4.78, 5) is 10.2. The lowest BCUT2D eigenvalue weighted by molar-refractivity contribution is -0.141. The van der Waals surface area contributed by atoms with Crippen LogP contribution >= 0.6 is 0 Å². The van der Waals surface area contributed by atoms with E-state index in [1.165, 1.54) is 19.3 Å². The molecular weight excluding hydrogens is 164 g/mol. The Kier molecular flexibility index (Phi) is 7.76. The zero-order valence-corrected chi connectivity index (χ0v) is 8.88. The Hall–Kier alpha value is -0.530. The van der Waals surface area contributed by atoms with Gasteiger partial charge in [0.2, 0.25) is 0 Å². The van der Waals surface area contributed by atoms with Gasteiger partial charge in [-0.1, -0.05) is 46.0 Å². The van der Waals surface area contributed by atoms with Crippen molar-refractivity contribution in [2.45, 2.75) is 58.8 Å². The second-order valence-electron chi connectivity index (χ2n) is 3.67. The highest BCUT2D eigenvalue weighted by atomic mass is 16.4. The summed E-state index contributed by atoms with van der Waals surface area (Å²) in [5, 5.41) is 8.41. The van der Waals surface area contributed by atoms with Gasteiger partial charge in [0.1, 0.15) is 0 Å². The van der Waals surface area contributed by atoms with Crippen molar-refractivity contribution in [2.75, 3.05) is 0 Å². The van der Waals surface area contributed by atoms with Crippen molar-refractivity contribution in [1.82, 2.24) is 0 Å². The zero-order valence-electron chi connectivity index (χ0n) is 8.88. The summed E-state index contributed by atoms with van der Waals surface area (Å²) in [5.74, 6) is -0.627. The number of hydrogen-bond donors (Lipinski definition) is 1. The molecule has 0 aromatic rings. The number of hydrogen-bond acceptors (Lipinski definition) is 1. The number of aliphatic carboxylic acids is 1. The van der Waals surface area contributed by atoms with E-state index in [1.807, 2.05) is 0 Å². The number of carbonyl (C=O) groups is 1. The smallest absolute Gasteiger partial charge is 0.306 e. The highest BCUT2D eigenvalue weighted by molar-refractivity contribution is 5.70. The van der Waals surface area contributed by atoms with E-state index >= 15 is 0 Å². The third-order valence-corrected chi connectivity index (χ3v) is 2.41. The van der Waals surface area contributed by atoms with Crippen LogP contribution in [0.2, 0.25) is 0 Å². The second kappa shape index (κ2) is 8.09. The number of carboxylic acids is 1. The van der Waals surface area contributed by atoms with Gasteiger partial charge in [0, 0.05) is 0 Å². The highest BCUT2D eigenvalue weighted by Gasteiger charge is 2.20. The fourth-order valence-electron chi connectivity index (χ4n) is 1.53. The molecule has 0 heterocycles. The summed E-state index contributed by atoms with van der Waals surface area (Å²) in [6.45, 7) is 4.42. The van der Waals surface area contributed by atoms with Crippen molar-refractivity contribution in [2.24, 2.45) is 5.92 Å². The van der Waals surface area contributed by atoms with Gasteiger partial charge < -0.3 is 5.11 Å². The van der Waals surface area contributed by atoms with Crippen LogP contribution in [0, 0.1) is 5.92 Å². The lowest BCUT2D eigenvalue weighted by Gasteiger charge is -1.97. The average molecular weight is 186 g/mol. The Morgan fingerprint density at radius 3 is 1.85 bits per heavy atom. The second-order valence-corrected chi connectivity index (χ2v) is 3.67. The van der Waals surface area contributed by atoms with Gasteiger partial charge in [0.05, 0.1) is 5.92 Å². The minimum Gasteiger partial charge on any atom is -0.481 e. The molecule has 1 aliphatic rings. The zero-order chi connectivity index (χ0) is 10.1. The summed E-state index contributed by atoms with van der Waals surface area (Å²) in [6.07, 6.45) is 8.09. The molecule has 0 bridgehead atoms. The Labute approximate surface area is 81.3 Å². The van der Waals surface area contributed by atoms with Crippen molar-refractivity contribution in [3.05, 3.63) is 0 Å². The Balaban J connectivity index is 0.000000252. The summed E-state index contributed by atoms with van der Waals surface area (Å²) >= 11 is 0. The van der Waals surface area contributed by atoms with Crippen LogP contribution in [0.4, 0.5) is 0 Å². The third kappa shape index (κ3) is 6.62. The van der Waals surface area contributed by atoms with E-state index < -0.39 is 5.97 Å². The molecule has 0 aromatic heterocycles. The largest absolute Gasteiger partial charge is 0.481 e. The highest BCUT2D eigenvalue weighted by Crippen LogP contribution is 2.24. The topological polar surface area (TPSA) is 37.3 Å². The molecule has 2 nitrogen and oxygen atoms in total. The van der Waals surface area contributed by atoms with Gasteiger partial charge in [0.15, 0.2) is 0 Å². The molecular formula is C11H22O2. The van der Waals surface area contributed by atoms with Crippen LogP contribution in [0.3, 0.4) is 0 Å². The SMILES string of the molecule is CCCCC.O=C(O)C1CCCC1. The van der Waals surface area contributed by atoms with Gasteiger partial charge in [-0.15, -0.1) is 0 Å². The summed E-state index contributed by atoms with van der Waals surface area (Å²) in [5.41, 5.74) is 0. The van der Waals surface area contributed by atoms with Crippen LogP contribution < -0.4 is 0 Å². The minimum atomic E-state index is -0.609. The number of carboxylic acid groups (broad SMARTS) is 1. The molecule has 1 saturated carbocycles. The first-order valence-electron chi connectivity index (χ1n) is 5.45. The van der Waals surface area contributed by atoms with E-state index in [2.05, 4.69) is 13.8 Å². The van der Waals surface area contributed by atoms with Crippen molar-refractivity contribution in [3.8, 4) is 0 Å². The van der Waals surface area contributed by atoms with E-state index in [1.54, 1.807) is 0 Å². The molecule has 0 saturated heterocycles. The van der Waals surface area contributed by atoms with Crippen molar-refractivity contribution < 1.29 is 9.90 Å². The average Bonchev–Trinajstić information content (AvgIpc) is 2.58. The molecule has 1 aliphatic carbocycles. The molecule has 0 aliphatic heterocycles. The number of unbranched alkanes of at least 4 members (excludes halogenated alkanes) is 2. The van der Waals surface area contributed by atoms with Gasteiger partial charge in [-0.2, -0.15) is 0 Å². The molecule has 1 N–H and O–H groups in total. The van der Waals surface area contributed by atoms with Gasteiger partial charge in [-0.25, -0.2) is 0 Å². The molecule has 1 fully saturated rings. The summed E-state index contributed by atoms with van der Waals surface area (Å²) in [7, 11) is 0. The van der Waals surface area contributed by atoms with Crippen molar-refractivity contribution in [1.29, 1.82) is 0 Å². The fraction of sp³-hybridized carbons (Fsp3) is 0.909. The lowest BCUT2D eigenvalue weighted by atomic mass is 10.1. The maximum absolute atomic E-state index is 10.2. The molecule has 13 heavy (non-hydrogen) atoms. The molecule has 2 heteroatoms. The third-order valence-electron chi connectivity index (χ3n) is 2.41. The van der Waals surface area contributed by atoms with Crippen molar-refractivity contribution >= 4 is 5.97 Å². The summed E-state index contributed by atoms with van der Waals surface area (Å²) < 4.78 is 0. The van der Waals surface area contributed by atoms with E-state index in [0.29, 0.717) is 0 Å². The predicted octanol–water partition coefficient (Wildman–Crippen LogP) is 3.46. The van der Waals surface area contributed by atoms with Gasteiger partial charge in [0.25, 0.3) is 0 Å². The van der Waals surface area contributed by atoms with E-state index in [4.69, 9.17) is 5.11 Å². The first-order chi connectivity index (χ1) is 6.22. The van der Waals surface area contributed by atoms with Crippen LogP contribution in [-0.4, -0.2) is 11.1 Å². The minimum absolute atomic E-state index is 0.0185. The normalized spacial score (nSPS) is 16.5. The van der Waals surface area contributed by atoms with E-state index in [9.17, 15) is 4.79 Å². The Bertz CT molecular complexity index is 124. The van der Waals surface area contributed by atoms with Crippen LogP contribution in [0.5, 0.6) is 0 Å². The standard InChI is InChI=1S/C6H10O2.C5H12/c7-6(8)5-3-1-2-4-5;1-3-5-4-2/h5H,1-4H2,(H,7,8);3-5H2,1-2H3. The number of rotatable bonds is 3. The van der Waals surface area contributed by atoms with Gasteiger partial charge in [-0.3, -0.25) is 4.79 Å². The predicted molar refractivity (Wildman–Crippen MR) is 54.8 cm³/mol. The van der Waals surface area contributed by atoms with Crippen LogP contribution in [0.25, 0.3) is 0 Å². The lowest BCUT2D eigenvalue weighted by Crippen LogP contribution is -2.07. The molecule has 78 valence electrons. The van der Waals surface area contributed by atoms with Crippen LogP contribution in [0.1, 0.15) is 58.8 Å². The molecule has 0 atom stereocenters. The molecule has 0 radical (unpaired) electrons. The molecule has 0 spiro atoms. The van der Waals surface area contributed by atoms with Gasteiger partial charge in [-0.05, 0) is 12.8 Å². The maximum atomic E-state index is 10.2. The Morgan fingerprint density at radius 1 is 1.23 bits per heavy atom. The monoisotopic (exact) mass is 186 g/mol. The summed E-state index contributed by atoms with van der Waals surface area (Å²) in [6, 6.07) is 0. The molecule has 0 unspecified atom stereocenters. The Morgan fingerprint density at radius 2 is 1.69 bits per heavy atom. The first-order valence-corrected chi connectivity index (χ1v) is 5.45. The molecule has 0 amide bonds. The maximum Gasteiger partial charge on any atom is 0.306 e. The fourth-order valence-corrected chi connectivity index (χ4v) is 1.53. The first kappa shape index (κ1) is 12.5. The van der Waals surface area contributed by atoms with Crippen molar-refractivity contribution in [3.63, 3.8) is 0 Å². The molecule has 1 rings (SSSR count). The molecule has 0 aromatic carbocycles. The van der Waals surface area contributed by atoms with Crippen LogP contribution in [-0.2, 0) is 4.79 Å². The van der Waals surface area contributed by atoms with E-state index in [0.717, 1.165) is 25.7 Å².